The van der Waals surface area contributed by atoms with Gasteiger partial charge in [0, 0.05) is 29.9 Å². The van der Waals surface area contributed by atoms with Gasteiger partial charge in [0.15, 0.2) is 0 Å². The Bertz CT molecular complexity index is 913. The van der Waals surface area contributed by atoms with Crippen LogP contribution in [0.25, 0.3) is 0 Å². The summed E-state index contributed by atoms with van der Waals surface area (Å²) in [6, 6.07) is 14.8. The molecule has 4 rings (SSSR count). The molecule has 0 bridgehead atoms. The summed E-state index contributed by atoms with van der Waals surface area (Å²) >= 11 is 0. The van der Waals surface area contributed by atoms with E-state index in [4.69, 9.17) is 4.74 Å². The van der Waals surface area contributed by atoms with E-state index in [0.717, 1.165) is 18.8 Å². The van der Waals surface area contributed by atoms with Crippen LogP contribution in [0, 0.1) is 12.8 Å². The molecule has 2 aliphatic heterocycles. The highest BCUT2D eigenvalue weighted by Gasteiger charge is 2.38. The van der Waals surface area contributed by atoms with Crippen LogP contribution in [-0.2, 0) is 0 Å². The van der Waals surface area contributed by atoms with Crippen molar-refractivity contribution in [2.24, 2.45) is 5.92 Å². The highest BCUT2D eigenvalue weighted by molar-refractivity contribution is 6.04. The zero-order valence-corrected chi connectivity index (χ0v) is 18.4. The lowest BCUT2D eigenvalue weighted by Gasteiger charge is -2.47. The van der Waals surface area contributed by atoms with Crippen molar-refractivity contribution in [3.05, 3.63) is 59.2 Å². The van der Waals surface area contributed by atoms with Crippen LogP contribution in [-0.4, -0.2) is 50.1 Å². The number of likely N-dealkylation sites (N-methyl/N-ethyl adjacent to an activating group) is 1. The molecule has 2 saturated heterocycles. The number of anilines is 1. The molecule has 160 valence electrons. The second-order valence-corrected chi connectivity index (χ2v) is 9.00. The molecule has 2 aromatic carbocycles. The Morgan fingerprint density at radius 3 is 2.83 bits per heavy atom. The van der Waals surface area contributed by atoms with Crippen molar-refractivity contribution in [1.29, 1.82) is 0 Å². The van der Waals surface area contributed by atoms with E-state index in [0.29, 0.717) is 35.2 Å². The van der Waals surface area contributed by atoms with Gasteiger partial charge in [-0.05, 0) is 93.6 Å². The Hall–Kier alpha value is -2.37. The lowest BCUT2D eigenvalue weighted by atomic mass is 9.75. The van der Waals surface area contributed by atoms with Crippen molar-refractivity contribution in [2.75, 3.05) is 32.6 Å². The number of piperidine rings is 2. The number of nitrogens with zero attached hydrogens (tertiary/aromatic N) is 1. The van der Waals surface area contributed by atoms with E-state index in [1.54, 1.807) is 19.2 Å². The first kappa shape index (κ1) is 20.9. The first-order valence-corrected chi connectivity index (χ1v) is 10.9. The molecule has 2 aromatic rings. The second kappa shape index (κ2) is 8.78. The average Bonchev–Trinajstić information content (AvgIpc) is 2.75. The molecule has 5 heteroatoms. The SMILES string of the molecule is COc1cccc(C(=O)Nc2ccc(C)c(C3CC4CNC(C)CC4N(C)C3)c2)c1. The Morgan fingerprint density at radius 1 is 1.20 bits per heavy atom. The van der Waals surface area contributed by atoms with Crippen molar-refractivity contribution >= 4 is 11.6 Å². The standard InChI is InChI=1S/C25H33N3O2/c1-16-8-9-21(27-25(29)18-6-5-7-22(12-18)30-4)13-23(16)20-11-19-14-26-17(2)10-24(19)28(3)15-20/h5-9,12-13,17,19-20,24,26H,10-11,14-15H2,1-4H3,(H,27,29). The molecule has 1 amide bonds. The molecule has 2 aliphatic rings. The highest BCUT2D eigenvalue weighted by Crippen LogP contribution is 2.38. The van der Waals surface area contributed by atoms with E-state index in [1.807, 2.05) is 18.2 Å². The maximum atomic E-state index is 12.7. The summed E-state index contributed by atoms with van der Waals surface area (Å²) < 4.78 is 5.24. The number of hydrogen-bond acceptors (Lipinski definition) is 4. The summed E-state index contributed by atoms with van der Waals surface area (Å²) in [4.78, 5) is 15.3. The number of nitrogens with one attached hydrogen (secondary N) is 2. The number of ether oxygens (including phenoxy) is 1. The number of fused-ring (bicyclic) bond motifs is 1. The third-order valence-corrected chi connectivity index (χ3v) is 6.84. The van der Waals surface area contributed by atoms with E-state index in [2.05, 4.69) is 48.6 Å². The van der Waals surface area contributed by atoms with E-state index >= 15 is 0 Å². The van der Waals surface area contributed by atoms with Gasteiger partial charge in [-0.1, -0.05) is 12.1 Å². The smallest absolute Gasteiger partial charge is 0.255 e. The normalized spacial score (nSPS) is 26.7. The van der Waals surface area contributed by atoms with Gasteiger partial charge in [0.05, 0.1) is 7.11 Å². The zero-order chi connectivity index (χ0) is 21.3. The minimum absolute atomic E-state index is 0.116. The molecule has 2 N–H and O–H groups in total. The maximum Gasteiger partial charge on any atom is 0.255 e. The van der Waals surface area contributed by atoms with Gasteiger partial charge in [0.2, 0.25) is 0 Å². The van der Waals surface area contributed by atoms with Gasteiger partial charge in [0.25, 0.3) is 5.91 Å². The number of hydrogen-bond donors (Lipinski definition) is 2. The highest BCUT2D eigenvalue weighted by atomic mass is 16.5. The van der Waals surface area contributed by atoms with Gasteiger partial charge in [-0.25, -0.2) is 0 Å². The monoisotopic (exact) mass is 407 g/mol. The molecule has 30 heavy (non-hydrogen) atoms. The molecule has 2 heterocycles. The molecular formula is C25H33N3O2. The van der Waals surface area contributed by atoms with Crippen LogP contribution >= 0.6 is 0 Å². The number of amides is 1. The summed E-state index contributed by atoms with van der Waals surface area (Å²) in [5.41, 5.74) is 4.09. The van der Waals surface area contributed by atoms with Crippen LogP contribution in [0.5, 0.6) is 5.75 Å². The Labute approximate surface area is 179 Å². The third-order valence-electron chi connectivity index (χ3n) is 6.84. The topological polar surface area (TPSA) is 53.6 Å². The minimum Gasteiger partial charge on any atom is -0.497 e. The fourth-order valence-corrected chi connectivity index (χ4v) is 5.18. The minimum atomic E-state index is -0.116. The van der Waals surface area contributed by atoms with E-state index in [-0.39, 0.29) is 5.91 Å². The maximum absolute atomic E-state index is 12.7. The van der Waals surface area contributed by atoms with Crippen molar-refractivity contribution in [3.8, 4) is 5.75 Å². The van der Waals surface area contributed by atoms with Crippen LogP contribution in [0.1, 0.15) is 47.2 Å². The summed E-state index contributed by atoms with van der Waals surface area (Å²) in [6.45, 7) is 6.63. The first-order valence-electron chi connectivity index (χ1n) is 10.9. The predicted molar refractivity (Wildman–Crippen MR) is 121 cm³/mol. The Balaban J connectivity index is 1.51. The summed E-state index contributed by atoms with van der Waals surface area (Å²) in [5, 5.41) is 6.73. The van der Waals surface area contributed by atoms with Gasteiger partial charge < -0.3 is 20.3 Å². The number of carbonyl (C=O) groups is 1. The van der Waals surface area contributed by atoms with Gasteiger partial charge in [-0.2, -0.15) is 0 Å². The average molecular weight is 408 g/mol. The number of carbonyl (C=O) groups excluding carboxylic acids is 1. The number of rotatable bonds is 4. The fourth-order valence-electron chi connectivity index (χ4n) is 5.18. The number of benzene rings is 2. The van der Waals surface area contributed by atoms with Crippen LogP contribution in [0.2, 0.25) is 0 Å². The molecule has 5 nitrogen and oxygen atoms in total. The summed E-state index contributed by atoms with van der Waals surface area (Å²) in [6.07, 6.45) is 2.42. The summed E-state index contributed by atoms with van der Waals surface area (Å²) in [5.74, 6) is 1.73. The van der Waals surface area contributed by atoms with Crippen molar-refractivity contribution in [1.82, 2.24) is 10.2 Å². The molecule has 4 unspecified atom stereocenters. The van der Waals surface area contributed by atoms with Crippen molar-refractivity contribution < 1.29 is 9.53 Å². The van der Waals surface area contributed by atoms with Crippen LogP contribution in [0.15, 0.2) is 42.5 Å². The molecule has 0 aromatic heterocycles. The number of methoxy groups -OCH3 is 1. The lowest BCUT2D eigenvalue weighted by molar-refractivity contribution is 0.0658. The van der Waals surface area contributed by atoms with Gasteiger partial charge in [0.1, 0.15) is 5.75 Å². The molecule has 2 fully saturated rings. The van der Waals surface area contributed by atoms with Gasteiger partial charge in [-0.3, -0.25) is 4.79 Å². The second-order valence-electron chi connectivity index (χ2n) is 9.00. The third kappa shape index (κ3) is 4.37. The van der Waals surface area contributed by atoms with Crippen molar-refractivity contribution in [2.45, 2.75) is 44.7 Å². The van der Waals surface area contributed by atoms with Crippen molar-refractivity contribution in [3.63, 3.8) is 0 Å². The van der Waals surface area contributed by atoms with E-state index in [1.165, 1.54) is 24.0 Å². The quantitative estimate of drug-likeness (QED) is 0.803. The molecule has 0 radical (unpaired) electrons. The Morgan fingerprint density at radius 2 is 2.03 bits per heavy atom. The summed E-state index contributed by atoms with van der Waals surface area (Å²) in [7, 11) is 3.88. The molecular weight excluding hydrogens is 374 g/mol. The first-order chi connectivity index (χ1) is 14.4. The van der Waals surface area contributed by atoms with Gasteiger partial charge in [-0.15, -0.1) is 0 Å². The zero-order valence-electron chi connectivity index (χ0n) is 18.4. The molecule has 0 spiro atoms. The molecule has 0 saturated carbocycles. The number of likely N-dealkylation sites (tertiary alicyclic amines) is 1. The van der Waals surface area contributed by atoms with Crippen LogP contribution in [0.3, 0.4) is 0 Å². The van der Waals surface area contributed by atoms with Gasteiger partial charge >= 0.3 is 0 Å². The van der Waals surface area contributed by atoms with Crippen LogP contribution in [0.4, 0.5) is 5.69 Å². The largest absolute Gasteiger partial charge is 0.497 e. The van der Waals surface area contributed by atoms with E-state index in [9.17, 15) is 4.79 Å². The number of aryl methyl sites for hydroxylation is 1. The van der Waals surface area contributed by atoms with Crippen LogP contribution < -0.4 is 15.4 Å². The fraction of sp³-hybridized carbons (Fsp3) is 0.480. The van der Waals surface area contributed by atoms with E-state index < -0.39 is 0 Å². The lowest BCUT2D eigenvalue weighted by Crippen LogP contribution is -2.55. The predicted octanol–water partition coefficient (Wildman–Crippen LogP) is 4.04. The molecule has 4 atom stereocenters. The Kier molecular flexibility index (Phi) is 6.11. The molecule has 0 aliphatic carbocycles.